The first-order chi connectivity index (χ1) is 10.0. The van der Waals surface area contributed by atoms with E-state index in [4.69, 9.17) is 23.2 Å². The number of benzene rings is 1. The molecule has 0 spiro atoms. The van der Waals surface area contributed by atoms with Crippen LogP contribution in [0.3, 0.4) is 0 Å². The molecule has 5 rings (SSSR count). The zero-order valence-electron chi connectivity index (χ0n) is 11.9. The van der Waals surface area contributed by atoms with Crippen LogP contribution >= 0.6 is 23.2 Å². The van der Waals surface area contributed by atoms with Crippen molar-refractivity contribution in [1.82, 2.24) is 5.32 Å². The van der Waals surface area contributed by atoms with Crippen molar-refractivity contribution in [3.05, 3.63) is 33.8 Å². The second-order valence-electron chi connectivity index (χ2n) is 7.25. The fourth-order valence-corrected chi connectivity index (χ4v) is 5.85. The predicted molar refractivity (Wildman–Crippen MR) is 84.8 cm³/mol. The quantitative estimate of drug-likeness (QED) is 0.840. The van der Waals surface area contributed by atoms with Crippen LogP contribution in [0.2, 0.25) is 10.0 Å². The van der Waals surface area contributed by atoms with E-state index < -0.39 is 0 Å². The molecule has 4 fully saturated rings. The number of halogens is 2. The Hall–Kier alpha value is -0.730. The highest BCUT2D eigenvalue weighted by Gasteiger charge is 2.51. The molecule has 0 radical (unpaired) electrons. The molecule has 1 aromatic carbocycles. The highest BCUT2D eigenvalue weighted by Crippen LogP contribution is 2.55. The lowest BCUT2D eigenvalue weighted by molar-refractivity contribution is -0.0166. The second kappa shape index (κ2) is 4.89. The third kappa shape index (κ3) is 2.37. The molecule has 4 heteroatoms. The van der Waals surface area contributed by atoms with E-state index in [1.165, 1.54) is 19.3 Å². The Labute approximate surface area is 135 Å². The van der Waals surface area contributed by atoms with Crippen molar-refractivity contribution in [2.45, 2.75) is 44.1 Å². The smallest absolute Gasteiger partial charge is 0.254 e. The largest absolute Gasteiger partial charge is 0.346 e. The van der Waals surface area contributed by atoms with Gasteiger partial charge in [0.1, 0.15) is 0 Å². The van der Waals surface area contributed by atoms with Crippen LogP contribution in [0.15, 0.2) is 18.2 Å². The van der Waals surface area contributed by atoms with Crippen molar-refractivity contribution < 1.29 is 4.79 Å². The standard InChI is InChI=1S/C17H19Cl2NO/c18-13-2-1-3-14(19)15(13)16(21)20-17-7-10-4-11(8-17)6-12(5-10)9-17/h1-3,10-12H,4-9H2,(H,20,21). The first-order valence-electron chi connectivity index (χ1n) is 7.81. The first-order valence-corrected chi connectivity index (χ1v) is 8.57. The van der Waals surface area contributed by atoms with Crippen LogP contribution in [-0.4, -0.2) is 11.4 Å². The lowest BCUT2D eigenvalue weighted by atomic mass is 9.53. The van der Waals surface area contributed by atoms with E-state index in [0.717, 1.165) is 37.0 Å². The highest BCUT2D eigenvalue weighted by molar-refractivity contribution is 6.39. The van der Waals surface area contributed by atoms with Gasteiger partial charge in [0, 0.05) is 5.54 Å². The number of nitrogens with one attached hydrogen (secondary N) is 1. The van der Waals surface area contributed by atoms with Crippen LogP contribution in [0.1, 0.15) is 48.9 Å². The third-order valence-electron chi connectivity index (χ3n) is 5.61. The van der Waals surface area contributed by atoms with Crippen LogP contribution in [0.25, 0.3) is 0 Å². The predicted octanol–water partition coefficient (Wildman–Crippen LogP) is 4.69. The summed E-state index contributed by atoms with van der Waals surface area (Å²) in [4.78, 5) is 12.7. The zero-order valence-corrected chi connectivity index (χ0v) is 13.4. The topological polar surface area (TPSA) is 29.1 Å². The Morgan fingerprint density at radius 2 is 1.48 bits per heavy atom. The van der Waals surface area contributed by atoms with Crippen LogP contribution < -0.4 is 5.32 Å². The summed E-state index contributed by atoms with van der Waals surface area (Å²) in [6, 6.07) is 5.22. The minimum Gasteiger partial charge on any atom is -0.346 e. The molecule has 4 aliphatic rings. The molecule has 1 amide bonds. The number of carbonyl (C=O) groups is 1. The van der Waals surface area contributed by atoms with Crippen molar-refractivity contribution >= 4 is 29.1 Å². The van der Waals surface area contributed by atoms with E-state index in [1.807, 2.05) is 0 Å². The van der Waals surface area contributed by atoms with Crippen LogP contribution in [0.4, 0.5) is 0 Å². The molecule has 21 heavy (non-hydrogen) atoms. The summed E-state index contributed by atoms with van der Waals surface area (Å²) >= 11 is 12.3. The van der Waals surface area contributed by atoms with Gasteiger partial charge in [0.2, 0.25) is 0 Å². The molecule has 112 valence electrons. The van der Waals surface area contributed by atoms with Gasteiger partial charge in [0.15, 0.2) is 0 Å². The van der Waals surface area contributed by atoms with Crippen molar-refractivity contribution in [3.8, 4) is 0 Å². The highest BCUT2D eigenvalue weighted by atomic mass is 35.5. The van der Waals surface area contributed by atoms with Gasteiger partial charge in [0.05, 0.1) is 15.6 Å². The van der Waals surface area contributed by atoms with Gasteiger partial charge >= 0.3 is 0 Å². The van der Waals surface area contributed by atoms with Gasteiger partial charge in [-0.25, -0.2) is 0 Å². The van der Waals surface area contributed by atoms with Crippen molar-refractivity contribution in [2.24, 2.45) is 17.8 Å². The molecular formula is C17H19Cl2NO. The Kier molecular flexibility index (Phi) is 3.24. The van der Waals surface area contributed by atoms with E-state index in [2.05, 4.69) is 5.32 Å². The lowest BCUT2D eigenvalue weighted by Crippen LogP contribution is -2.59. The molecule has 4 bridgehead atoms. The fourth-order valence-electron chi connectivity index (χ4n) is 5.28. The van der Waals surface area contributed by atoms with E-state index >= 15 is 0 Å². The van der Waals surface area contributed by atoms with Gasteiger partial charge in [0.25, 0.3) is 5.91 Å². The molecule has 0 unspecified atom stereocenters. The van der Waals surface area contributed by atoms with Crippen molar-refractivity contribution in [1.29, 1.82) is 0 Å². The van der Waals surface area contributed by atoms with Crippen molar-refractivity contribution in [2.75, 3.05) is 0 Å². The number of hydrogen-bond donors (Lipinski definition) is 1. The molecule has 0 aliphatic heterocycles. The Morgan fingerprint density at radius 3 is 1.95 bits per heavy atom. The van der Waals surface area contributed by atoms with Crippen LogP contribution in [-0.2, 0) is 0 Å². The average Bonchev–Trinajstić information content (AvgIpc) is 2.35. The summed E-state index contributed by atoms with van der Waals surface area (Å²) in [5.74, 6) is 2.31. The maximum Gasteiger partial charge on any atom is 0.254 e. The summed E-state index contributed by atoms with van der Waals surface area (Å²) < 4.78 is 0. The van der Waals surface area contributed by atoms with Gasteiger partial charge in [-0.3, -0.25) is 4.79 Å². The summed E-state index contributed by atoms with van der Waals surface area (Å²) in [6.45, 7) is 0. The third-order valence-corrected chi connectivity index (χ3v) is 6.24. The minimum atomic E-state index is -0.104. The second-order valence-corrected chi connectivity index (χ2v) is 8.06. The number of rotatable bonds is 2. The Morgan fingerprint density at radius 1 is 1.00 bits per heavy atom. The van der Waals surface area contributed by atoms with E-state index in [0.29, 0.717) is 15.6 Å². The Bertz CT molecular complexity index is 543. The maximum absolute atomic E-state index is 12.7. The maximum atomic E-state index is 12.7. The molecule has 0 atom stereocenters. The van der Waals surface area contributed by atoms with E-state index in [-0.39, 0.29) is 11.4 Å². The molecule has 4 aliphatic carbocycles. The molecule has 0 saturated heterocycles. The zero-order chi connectivity index (χ0) is 14.6. The average molecular weight is 324 g/mol. The SMILES string of the molecule is O=C(NC12CC3CC(CC(C3)C1)C2)c1c(Cl)cccc1Cl. The molecule has 1 aromatic rings. The van der Waals surface area contributed by atoms with E-state index in [1.54, 1.807) is 18.2 Å². The lowest BCUT2D eigenvalue weighted by Gasteiger charge is -2.56. The molecule has 0 heterocycles. The van der Waals surface area contributed by atoms with Gasteiger partial charge < -0.3 is 5.32 Å². The molecule has 0 aromatic heterocycles. The summed E-state index contributed by atoms with van der Waals surface area (Å²) in [7, 11) is 0. The number of amides is 1. The van der Waals surface area contributed by atoms with Crippen LogP contribution in [0, 0.1) is 17.8 Å². The number of carbonyl (C=O) groups excluding carboxylic acids is 1. The van der Waals surface area contributed by atoms with Crippen LogP contribution in [0.5, 0.6) is 0 Å². The van der Waals surface area contributed by atoms with E-state index in [9.17, 15) is 4.79 Å². The first kappa shape index (κ1) is 13.9. The molecular weight excluding hydrogens is 305 g/mol. The Balaban J connectivity index is 1.60. The van der Waals surface area contributed by atoms with Gasteiger partial charge in [-0.2, -0.15) is 0 Å². The fraction of sp³-hybridized carbons (Fsp3) is 0.588. The van der Waals surface area contributed by atoms with Gasteiger partial charge in [-0.1, -0.05) is 29.3 Å². The molecule has 2 nitrogen and oxygen atoms in total. The molecule has 4 saturated carbocycles. The number of hydrogen-bond acceptors (Lipinski definition) is 1. The van der Waals surface area contributed by atoms with Gasteiger partial charge in [-0.15, -0.1) is 0 Å². The van der Waals surface area contributed by atoms with Gasteiger partial charge in [-0.05, 0) is 68.4 Å². The summed E-state index contributed by atoms with van der Waals surface area (Å²) in [6.07, 6.45) is 7.48. The monoisotopic (exact) mass is 323 g/mol. The molecule has 1 N–H and O–H groups in total. The minimum absolute atomic E-state index is 0.00562. The van der Waals surface area contributed by atoms with Crippen molar-refractivity contribution in [3.63, 3.8) is 0 Å². The normalized spacial score (nSPS) is 36.8. The summed E-state index contributed by atoms with van der Waals surface area (Å²) in [5, 5.41) is 4.18. The summed E-state index contributed by atoms with van der Waals surface area (Å²) in [5.41, 5.74) is 0.422.